The number of hydrogen-bond donors (Lipinski definition) is 2. The zero-order chi connectivity index (χ0) is 19.4. The highest BCUT2D eigenvalue weighted by atomic mass is 32.2. The summed E-state index contributed by atoms with van der Waals surface area (Å²) in [4.78, 5) is 21.5. The predicted molar refractivity (Wildman–Crippen MR) is 100 cm³/mol. The predicted octanol–water partition coefficient (Wildman–Crippen LogP) is 2.97. The van der Waals surface area contributed by atoms with Crippen molar-refractivity contribution in [1.82, 2.24) is 5.32 Å². The van der Waals surface area contributed by atoms with Crippen LogP contribution >= 0.6 is 11.8 Å². The Kier molecular flexibility index (Phi) is 5.82. The Morgan fingerprint density at radius 2 is 2.07 bits per heavy atom. The lowest BCUT2D eigenvalue weighted by Crippen LogP contribution is -2.33. The molecular weight excluding hydrogens is 372 g/mol. The van der Waals surface area contributed by atoms with Crippen LogP contribution in [0.3, 0.4) is 0 Å². The Morgan fingerprint density at radius 3 is 2.67 bits per heavy atom. The van der Waals surface area contributed by atoms with E-state index in [1.807, 2.05) is 12.1 Å². The van der Waals surface area contributed by atoms with Crippen LogP contribution < -0.4 is 14.8 Å². The Morgan fingerprint density at radius 1 is 1.33 bits per heavy atom. The largest absolute Gasteiger partial charge is 0.493 e. The van der Waals surface area contributed by atoms with Gasteiger partial charge >= 0.3 is 5.97 Å². The molecule has 1 heterocycles. The van der Waals surface area contributed by atoms with Gasteiger partial charge < -0.3 is 14.6 Å². The van der Waals surface area contributed by atoms with Gasteiger partial charge in [-0.15, -0.1) is 11.8 Å². The van der Waals surface area contributed by atoms with Crippen molar-refractivity contribution in [3.05, 3.63) is 63.7 Å². The van der Waals surface area contributed by atoms with E-state index in [2.05, 4.69) is 5.32 Å². The van der Waals surface area contributed by atoms with Crippen LogP contribution in [0.5, 0.6) is 11.5 Å². The lowest BCUT2D eigenvalue weighted by atomic mass is 10.1. The third kappa shape index (κ3) is 4.32. The minimum Gasteiger partial charge on any atom is -0.493 e. The first-order valence-corrected chi connectivity index (χ1v) is 9.18. The van der Waals surface area contributed by atoms with E-state index in [-0.39, 0.29) is 17.7 Å². The summed E-state index contributed by atoms with van der Waals surface area (Å²) in [6, 6.07) is 11.0. The van der Waals surface area contributed by atoms with Crippen LogP contribution in [0, 0.1) is 10.1 Å². The van der Waals surface area contributed by atoms with Crippen molar-refractivity contribution in [2.45, 2.75) is 18.0 Å². The molecule has 1 fully saturated rings. The summed E-state index contributed by atoms with van der Waals surface area (Å²) in [7, 11) is 1.53. The maximum atomic E-state index is 11.2. The highest BCUT2D eigenvalue weighted by Gasteiger charge is 2.32. The van der Waals surface area contributed by atoms with E-state index in [4.69, 9.17) is 9.47 Å². The Balaban J connectivity index is 1.79. The molecule has 142 valence electrons. The molecule has 0 spiro atoms. The van der Waals surface area contributed by atoms with E-state index < -0.39 is 16.9 Å². The van der Waals surface area contributed by atoms with Gasteiger partial charge in [0.05, 0.1) is 17.4 Å². The van der Waals surface area contributed by atoms with E-state index in [9.17, 15) is 20.0 Å². The minimum atomic E-state index is -0.888. The van der Waals surface area contributed by atoms with Gasteiger partial charge in [0.25, 0.3) is 5.69 Å². The van der Waals surface area contributed by atoms with E-state index in [0.29, 0.717) is 17.3 Å². The Bertz CT molecular complexity index is 842. The number of rotatable bonds is 7. The van der Waals surface area contributed by atoms with Gasteiger partial charge in [0.15, 0.2) is 11.5 Å². The number of aliphatic carboxylic acids is 1. The van der Waals surface area contributed by atoms with Gasteiger partial charge in [-0.1, -0.05) is 12.1 Å². The average Bonchev–Trinajstić information content (AvgIpc) is 3.16. The molecule has 1 saturated heterocycles. The van der Waals surface area contributed by atoms with E-state index in [0.717, 1.165) is 11.1 Å². The summed E-state index contributed by atoms with van der Waals surface area (Å²) in [5.41, 5.74) is 1.58. The lowest BCUT2D eigenvalue weighted by Gasteiger charge is -2.19. The molecule has 2 aromatic rings. The van der Waals surface area contributed by atoms with E-state index >= 15 is 0 Å². The van der Waals surface area contributed by atoms with E-state index in [1.54, 1.807) is 18.2 Å². The first-order valence-electron chi connectivity index (χ1n) is 8.13. The number of ether oxygens (including phenoxy) is 2. The van der Waals surface area contributed by atoms with Gasteiger partial charge in [0.2, 0.25) is 0 Å². The highest BCUT2D eigenvalue weighted by molar-refractivity contribution is 7.99. The van der Waals surface area contributed by atoms with Crippen molar-refractivity contribution in [2.24, 2.45) is 0 Å². The molecule has 2 unspecified atom stereocenters. The van der Waals surface area contributed by atoms with Crippen LogP contribution in [0.25, 0.3) is 0 Å². The molecule has 3 rings (SSSR count). The molecule has 0 saturated carbocycles. The molecule has 0 aromatic heterocycles. The summed E-state index contributed by atoms with van der Waals surface area (Å²) in [5.74, 6) is 0.630. The molecule has 8 nitrogen and oxygen atoms in total. The smallest absolute Gasteiger partial charge is 0.321 e. The second kappa shape index (κ2) is 8.28. The zero-order valence-electron chi connectivity index (χ0n) is 14.5. The number of thioether (sulfide) groups is 1. The van der Waals surface area contributed by atoms with Crippen LogP contribution in [-0.4, -0.2) is 34.9 Å². The first kappa shape index (κ1) is 19.0. The van der Waals surface area contributed by atoms with Gasteiger partial charge in [-0.3, -0.25) is 20.2 Å². The van der Waals surface area contributed by atoms with Crippen LogP contribution in [0.2, 0.25) is 0 Å². The fourth-order valence-corrected chi connectivity index (χ4v) is 3.97. The number of nitro groups is 1. The number of nitro benzene ring substituents is 1. The topological polar surface area (TPSA) is 111 Å². The van der Waals surface area contributed by atoms with Gasteiger partial charge in [-0.05, 0) is 23.8 Å². The molecule has 0 aliphatic carbocycles. The molecule has 1 aliphatic heterocycles. The Labute approximate surface area is 159 Å². The van der Waals surface area contributed by atoms with Crippen molar-refractivity contribution < 1.29 is 24.3 Å². The SMILES string of the molecule is COc1cccc(C2NC(C(=O)O)CS2)c1OCc1ccc([N+](=O)[O-])cc1. The summed E-state index contributed by atoms with van der Waals surface area (Å²) in [6.07, 6.45) is 0. The number of hydrogen-bond acceptors (Lipinski definition) is 7. The van der Waals surface area contributed by atoms with Crippen LogP contribution in [-0.2, 0) is 11.4 Å². The van der Waals surface area contributed by atoms with Crippen molar-refractivity contribution in [3.63, 3.8) is 0 Å². The summed E-state index contributed by atoms with van der Waals surface area (Å²) < 4.78 is 11.3. The molecule has 0 bridgehead atoms. The standard InChI is InChI=1S/C18H18N2O6S/c1-25-15-4-2-3-13(17-19-14(10-27-17)18(21)22)16(15)26-9-11-5-7-12(8-6-11)20(23)24/h2-8,14,17,19H,9-10H2,1H3,(H,21,22). The molecule has 2 N–H and O–H groups in total. The van der Waals surface area contributed by atoms with Crippen LogP contribution in [0.4, 0.5) is 5.69 Å². The molecule has 27 heavy (non-hydrogen) atoms. The van der Waals surface area contributed by atoms with E-state index in [1.165, 1.54) is 31.0 Å². The number of carbonyl (C=O) groups is 1. The summed E-state index contributed by atoms with van der Waals surface area (Å²) in [6.45, 7) is 0.200. The molecular formula is C18H18N2O6S. The molecule has 1 aliphatic rings. The number of non-ortho nitro benzene ring substituents is 1. The number of methoxy groups -OCH3 is 1. The van der Waals surface area contributed by atoms with Crippen molar-refractivity contribution in [3.8, 4) is 11.5 Å². The monoisotopic (exact) mass is 390 g/mol. The van der Waals surface area contributed by atoms with Crippen molar-refractivity contribution >= 4 is 23.4 Å². The maximum Gasteiger partial charge on any atom is 0.321 e. The summed E-state index contributed by atoms with van der Waals surface area (Å²) in [5, 5.41) is 22.8. The number of nitrogens with one attached hydrogen (secondary N) is 1. The van der Waals surface area contributed by atoms with Crippen LogP contribution in [0.15, 0.2) is 42.5 Å². The molecule has 9 heteroatoms. The fraction of sp³-hybridized carbons (Fsp3) is 0.278. The quantitative estimate of drug-likeness (QED) is 0.548. The number of carboxylic acid groups (broad SMARTS) is 1. The second-order valence-electron chi connectivity index (χ2n) is 5.86. The lowest BCUT2D eigenvalue weighted by molar-refractivity contribution is -0.384. The van der Waals surface area contributed by atoms with Gasteiger partial charge in [-0.2, -0.15) is 0 Å². The minimum absolute atomic E-state index is 0.0167. The number of para-hydroxylation sites is 1. The fourth-order valence-electron chi connectivity index (χ4n) is 2.72. The average molecular weight is 390 g/mol. The maximum absolute atomic E-state index is 11.2. The van der Waals surface area contributed by atoms with Gasteiger partial charge in [0.1, 0.15) is 12.6 Å². The summed E-state index contributed by atoms with van der Waals surface area (Å²) >= 11 is 1.49. The molecule has 2 aromatic carbocycles. The molecule has 2 atom stereocenters. The normalized spacial score (nSPS) is 18.9. The Hall–Kier alpha value is -2.78. The van der Waals surface area contributed by atoms with Gasteiger partial charge in [-0.25, -0.2) is 0 Å². The molecule has 0 amide bonds. The first-order chi connectivity index (χ1) is 13.0. The van der Waals surface area contributed by atoms with Crippen molar-refractivity contribution in [2.75, 3.05) is 12.9 Å². The third-order valence-electron chi connectivity index (χ3n) is 4.12. The van der Waals surface area contributed by atoms with Crippen molar-refractivity contribution in [1.29, 1.82) is 0 Å². The number of nitrogens with zero attached hydrogens (tertiary/aromatic N) is 1. The third-order valence-corrected chi connectivity index (χ3v) is 5.37. The van der Waals surface area contributed by atoms with Gasteiger partial charge in [0, 0.05) is 23.4 Å². The number of carboxylic acids is 1. The van der Waals surface area contributed by atoms with Crippen LogP contribution in [0.1, 0.15) is 16.5 Å². The molecule has 0 radical (unpaired) electrons. The second-order valence-corrected chi connectivity index (χ2v) is 7.00. The zero-order valence-corrected chi connectivity index (χ0v) is 15.3. The number of benzene rings is 2. The highest BCUT2D eigenvalue weighted by Crippen LogP contribution is 2.42.